The van der Waals surface area contributed by atoms with Crippen molar-refractivity contribution in [3.63, 3.8) is 0 Å². The first-order valence-electron chi connectivity index (χ1n) is 6.72. The maximum Gasteiger partial charge on any atom is 0.147 e. The van der Waals surface area contributed by atoms with Crippen molar-refractivity contribution in [3.05, 3.63) is 57.0 Å². The summed E-state index contributed by atoms with van der Waals surface area (Å²) >= 11 is 18.3. The summed E-state index contributed by atoms with van der Waals surface area (Å²) in [7, 11) is 0. The van der Waals surface area contributed by atoms with Crippen molar-refractivity contribution in [2.45, 2.75) is 19.9 Å². The molecule has 0 heterocycles. The fourth-order valence-electron chi connectivity index (χ4n) is 1.82. The molecule has 0 fully saturated rings. The van der Waals surface area contributed by atoms with Crippen LogP contribution in [0.4, 0.5) is 0 Å². The van der Waals surface area contributed by atoms with E-state index in [2.05, 4.69) is 12.2 Å². The Hall–Kier alpha value is -0.930. The normalized spacial score (nSPS) is 10.7. The molecule has 0 unspecified atom stereocenters. The van der Waals surface area contributed by atoms with Gasteiger partial charge in [-0.1, -0.05) is 47.8 Å². The average Bonchev–Trinajstić information content (AvgIpc) is 2.46. The molecule has 0 saturated heterocycles. The Labute approximate surface area is 140 Å². The molecule has 2 aromatic carbocycles. The molecule has 2 nitrogen and oxygen atoms in total. The minimum atomic E-state index is 0.489. The highest BCUT2D eigenvalue weighted by Gasteiger charge is 2.08. The SMILES string of the molecule is CCCNCc1ccc(Oc2cc(Cl)ccc2Cl)c(Cl)c1. The quantitative estimate of drug-likeness (QED) is 0.655. The van der Waals surface area contributed by atoms with E-state index in [1.54, 1.807) is 18.2 Å². The van der Waals surface area contributed by atoms with Crippen LogP contribution in [0.5, 0.6) is 11.5 Å². The molecule has 0 spiro atoms. The number of ether oxygens (including phenoxy) is 1. The monoisotopic (exact) mass is 343 g/mol. The largest absolute Gasteiger partial charge is 0.454 e. The van der Waals surface area contributed by atoms with E-state index in [-0.39, 0.29) is 0 Å². The van der Waals surface area contributed by atoms with E-state index in [9.17, 15) is 0 Å². The number of hydrogen-bond donors (Lipinski definition) is 1. The molecule has 0 aliphatic carbocycles. The molecule has 0 amide bonds. The molecule has 112 valence electrons. The Morgan fingerprint density at radius 2 is 1.76 bits per heavy atom. The Bertz CT molecular complexity index is 616. The summed E-state index contributed by atoms with van der Waals surface area (Å²) in [5.41, 5.74) is 1.11. The van der Waals surface area contributed by atoms with E-state index in [1.807, 2.05) is 18.2 Å². The lowest BCUT2D eigenvalue weighted by molar-refractivity contribution is 0.483. The highest BCUT2D eigenvalue weighted by Crippen LogP contribution is 2.35. The minimum absolute atomic E-state index is 0.489. The highest BCUT2D eigenvalue weighted by molar-refractivity contribution is 6.34. The first-order chi connectivity index (χ1) is 10.1. The van der Waals surface area contributed by atoms with Crippen molar-refractivity contribution in [3.8, 4) is 11.5 Å². The van der Waals surface area contributed by atoms with Crippen LogP contribution in [0.1, 0.15) is 18.9 Å². The first kappa shape index (κ1) is 16.4. The summed E-state index contributed by atoms with van der Waals surface area (Å²) in [6.45, 7) is 3.89. The van der Waals surface area contributed by atoms with Crippen LogP contribution in [0, 0.1) is 0 Å². The topological polar surface area (TPSA) is 21.3 Å². The third kappa shape index (κ3) is 4.79. The molecule has 2 aromatic rings. The third-order valence-electron chi connectivity index (χ3n) is 2.87. The predicted molar refractivity (Wildman–Crippen MR) is 90.0 cm³/mol. The van der Waals surface area contributed by atoms with Gasteiger partial charge in [-0.05, 0) is 42.8 Å². The molecule has 0 atom stereocenters. The van der Waals surface area contributed by atoms with E-state index >= 15 is 0 Å². The summed E-state index contributed by atoms with van der Waals surface area (Å²) in [5, 5.41) is 4.92. The van der Waals surface area contributed by atoms with Crippen molar-refractivity contribution in [2.24, 2.45) is 0 Å². The van der Waals surface area contributed by atoms with Gasteiger partial charge >= 0.3 is 0 Å². The second-order valence-electron chi connectivity index (χ2n) is 4.62. The smallest absolute Gasteiger partial charge is 0.147 e. The van der Waals surface area contributed by atoms with Crippen molar-refractivity contribution in [2.75, 3.05) is 6.54 Å². The van der Waals surface area contributed by atoms with E-state index in [0.29, 0.717) is 26.6 Å². The van der Waals surface area contributed by atoms with Gasteiger partial charge in [0, 0.05) is 17.6 Å². The van der Waals surface area contributed by atoms with Crippen molar-refractivity contribution in [1.29, 1.82) is 0 Å². The van der Waals surface area contributed by atoms with Crippen LogP contribution in [0.15, 0.2) is 36.4 Å². The van der Waals surface area contributed by atoms with Gasteiger partial charge in [-0.2, -0.15) is 0 Å². The number of nitrogens with one attached hydrogen (secondary N) is 1. The van der Waals surface area contributed by atoms with Crippen LogP contribution in [0.2, 0.25) is 15.1 Å². The number of benzene rings is 2. The van der Waals surface area contributed by atoms with Gasteiger partial charge in [0.15, 0.2) is 0 Å². The zero-order valence-corrected chi connectivity index (χ0v) is 13.9. The molecule has 0 bridgehead atoms. The van der Waals surface area contributed by atoms with E-state index < -0.39 is 0 Å². The van der Waals surface area contributed by atoms with Crippen LogP contribution in [-0.2, 0) is 6.54 Å². The Kier molecular flexibility index (Phi) is 6.19. The van der Waals surface area contributed by atoms with Gasteiger partial charge in [-0.3, -0.25) is 0 Å². The van der Waals surface area contributed by atoms with Crippen molar-refractivity contribution in [1.82, 2.24) is 5.32 Å². The van der Waals surface area contributed by atoms with Crippen LogP contribution in [0.25, 0.3) is 0 Å². The summed E-state index contributed by atoms with van der Waals surface area (Å²) < 4.78 is 5.73. The molecule has 0 radical (unpaired) electrons. The van der Waals surface area contributed by atoms with Gasteiger partial charge in [0.05, 0.1) is 10.0 Å². The number of hydrogen-bond acceptors (Lipinski definition) is 2. The Balaban J connectivity index is 2.12. The lowest BCUT2D eigenvalue weighted by Crippen LogP contribution is -2.13. The highest BCUT2D eigenvalue weighted by atomic mass is 35.5. The summed E-state index contributed by atoms with van der Waals surface area (Å²) in [5.74, 6) is 1.04. The number of halogens is 3. The Morgan fingerprint density at radius 3 is 2.48 bits per heavy atom. The molecule has 0 aliphatic rings. The van der Waals surface area contributed by atoms with Crippen LogP contribution >= 0.6 is 34.8 Å². The lowest BCUT2D eigenvalue weighted by atomic mass is 10.2. The molecule has 1 N–H and O–H groups in total. The lowest BCUT2D eigenvalue weighted by Gasteiger charge is -2.11. The second kappa shape index (κ2) is 7.90. The summed E-state index contributed by atoms with van der Waals surface area (Å²) in [4.78, 5) is 0. The average molecular weight is 345 g/mol. The molecule has 2 rings (SSSR count). The Morgan fingerprint density at radius 1 is 0.952 bits per heavy atom. The summed E-state index contributed by atoms with van der Waals surface area (Å²) in [6, 6.07) is 10.8. The second-order valence-corrected chi connectivity index (χ2v) is 5.87. The van der Waals surface area contributed by atoms with Gasteiger partial charge in [0.25, 0.3) is 0 Å². The summed E-state index contributed by atoms with van der Waals surface area (Å²) in [6.07, 6.45) is 1.10. The maximum absolute atomic E-state index is 6.26. The predicted octanol–water partition coefficient (Wildman–Crippen LogP) is 5.94. The zero-order chi connectivity index (χ0) is 15.2. The molecule has 5 heteroatoms. The molecule has 0 saturated carbocycles. The van der Waals surface area contributed by atoms with Crippen LogP contribution < -0.4 is 10.1 Å². The van der Waals surface area contributed by atoms with Gasteiger partial charge in [0.2, 0.25) is 0 Å². The van der Waals surface area contributed by atoms with Crippen LogP contribution in [-0.4, -0.2) is 6.54 Å². The van der Waals surface area contributed by atoms with Gasteiger partial charge in [-0.15, -0.1) is 0 Å². The van der Waals surface area contributed by atoms with Gasteiger partial charge in [-0.25, -0.2) is 0 Å². The molecule has 0 aliphatic heterocycles. The number of rotatable bonds is 6. The van der Waals surface area contributed by atoms with E-state index in [4.69, 9.17) is 39.5 Å². The van der Waals surface area contributed by atoms with Crippen molar-refractivity contribution < 1.29 is 4.74 Å². The molecular weight excluding hydrogens is 329 g/mol. The van der Waals surface area contributed by atoms with Crippen molar-refractivity contribution >= 4 is 34.8 Å². The first-order valence-corrected chi connectivity index (χ1v) is 7.85. The van der Waals surface area contributed by atoms with E-state index in [0.717, 1.165) is 25.1 Å². The maximum atomic E-state index is 6.26. The molecule has 21 heavy (non-hydrogen) atoms. The van der Waals surface area contributed by atoms with Gasteiger partial charge in [0.1, 0.15) is 11.5 Å². The van der Waals surface area contributed by atoms with E-state index in [1.165, 1.54) is 0 Å². The fourth-order valence-corrected chi connectivity index (χ4v) is 2.38. The van der Waals surface area contributed by atoms with Gasteiger partial charge < -0.3 is 10.1 Å². The van der Waals surface area contributed by atoms with Crippen LogP contribution in [0.3, 0.4) is 0 Å². The minimum Gasteiger partial charge on any atom is -0.454 e. The molecule has 0 aromatic heterocycles. The third-order valence-corrected chi connectivity index (χ3v) is 3.71. The fraction of sp³-hybridized carbons (Fsp3) is 0.250. The zero-order valence-electron chi connectivity index (χ0n) is 11.6. The standard InChI is InChI=1S/C16H16Cl3NO/c1-2-7-20-10-11-3-6-15(14(19)8-11)21-16-9-12(17)4-5-13(16)18/h3-6,8-9,20H,2,7,10H2,1H3. The molecular formula is C16H16Cl3NO.